The molecule has 0 bridgehead atoms. The number of hydrazine groups is 1. The van der Waals surface area contributed by atoms with Crippen LogP contribution in [0.5, 0.6) is 0 Å². The molecule has 0 atom stereocenters. The van der Waals surface area contributed by atoms with Crippen molar-refractivity contribution in [3.05, 3.63) is 23.7 Å². The fourth-order valence-corrected chi connectivity index (χ4v) is 1.99. The zero-order valence-corrected chi connectivity index (χ0v) is 8.99. The minimum atomic E-state index is 0.403. The molecule has 0 unspecified atom stereocenters. The Bertz CT molecular complexity index is 350. The minimum Gasteiger partial charge on any atom is -0.461 e. The molecule has 0 amide bonds. The number of nitrogens with two attached hydrogens (primary N) is 1. The lowest BCUT2D eigenvalue weighted by Crippen LogP contribution is -2.32. The normalized spacial score (nSPS) is 18.4. The first-order valence-electron chi connectivity index (χ1n) is 5.40. The monoisotopic (exact) mass is 207 g/mol. The van der Waals surface area contributed by atoms with Gasteiger partial charge in [0.1, 0.15) is 0 Å². The van der Waals surface area contributed by atoms with E-state index < -0.39 is 0 Å². The predicted molar refractivity (Wildman–Crippen MR) is 59.6 cm³/mol. The zero-order valence-electron chi connectivity index (χ0n) is 8.99. The molecule has 0 spiro atoms. The maximum atomic E-state index is 5.47. The molecule has 0 aromatic carbocycles. The summed E-state index contributed by atoms with van der Waals surface area (Å²) >= 11 is 0. The molecular weight excluding hydrogens is 190 g/mol. The highest BCUT2D eigenvalue weighted by atomic mass is 16.3. The van der Waals surface area contributed by atoms with Crippen LogP contribution in [0.15, 0.2) is 21.7 Å². The number of hydrogen-bond donors (Lipinski definition) is 2. The second kappa shape index (κ2) is 4.49. The minimum absolute atomic E-state index is 0.403. The van der Waals surface area contributed by atoms with Gasteiger partial charge in [0.15, 0.2) is 11.6 Å². The molecule has 4 heteroatoms. The van der Waals surface area contributed by atoms with Gasteiger partial charge in [0.05, 0.1) is 12.3 Å². The van der Waals surface area contributed by atoms with Crippen molar-refractivity contribution in [2.45, 2.75) is 38.6 Å². The molecule has 1 heterocycles. The maximum Gasteiger partial charge on any atom is 0.179 e. The summed E-state index contributed by atoms with van der Waals surface area (Å²) in [4.78, 5) is 4.58. The number of amidine groups is 1. The van der Waals surface area contributed by atoms with Crippen LogP contribution in [-0.4, -0.2) is 11.9 Å². The number of nitrogens with one attached hydrogen (secondary N) is 1. The maximum absolute atomic E-state index is 5.47. The zero-order chi connectivity index (χ0) is 10.7. The van der Waals surface area contributed by atoms with Crippen molar-refractivity contribution in [2.24, 2.45) is 10.8 Å². The second-order valence-corrected chi connectivity index (χ2v) is 3.99. The van der Waals surface area contributed by atoms with Gasteiger partial charge in [0.2, 0.25) is 0 Å². The molecule has 0 aliphatic heterocycles. The summed E-state index contributed by atoms with van der Waals surface area (Å²) in [7, 11) is 0. The van der Waals surface area contributed by atoms with Crippen molar-refractivity contribution in [1.29, 1.82) is 0 Å². The number of nitrogens with zero attached hydrogens (tertiary/aromatic N) is 1. The Morgan fingerprint density at radius 1 is 1.53 bits per heavy atom. The Balaban J connectivity index is 2.19. The van der Waals surface area contributed by atoms with E-state index in [4.69, 9.17) is 10.3 Å². The standard InChI is InChI=1S/C11H17N3O/c1-8-6-7-15-10(8)11(14-12)13-9-4-2-3-5-9/h6-7,9H,2-5,12H2,1H3,(H,13,14). The molecule has 2 rings (SSSR count). The van der Waals surface area contributed by atoms with E-state index in [1.807, 2.05) is 13.0 Å². The molecule has 1 aromatic heterocycles. The fraction of sp³-hybridized carbons (Fsp3) is 0.545. The van der Waals surface area contributed by atoms with Gasteiger partial charge in [-0.25, -0.2) is 5.84 Å². The van der Waals surface area contributed by atoms with Crippen molar-refractivity contribution in [3.63, 3.8) is 0 Å². The summed E-state index contributed by atoms with van der Waals surface area (Å²) in [5.74, 6) is 6.90. The Morgan fingerprint density at radius 2 is 2.27 bits per heavy atom. The fourth-order valence-electron chi connectivity index (χ4n) is 1.99. The first kappa shape index (κ1) is 10.2. The average Bonchev–Trinajstić information content (AvgIpc) is 2.85. The molecule has 1 aliphatic rings. The Kier molecular flexibility index (Phi) is 3.06. The number of aryl methyl sites for hydroxylation is 1. The van der Waals surface area contributed by atoms with Gasteiger partial charge in [0.25, 0.3) is 0 Å². The average molecular weight is 207 g/mol. The lowest BCUT2D eigenvalue weighted by atomic mass is 10.2. The van der Waals surface area contributed by atoms with Crippen LogP contribution in [0.4, 0.5) is 0 Å². The predicted octanol–water partition coefficient (Wildman–Crippen LogP) is 1.74. The molecule has 15 heavy (non-hydrogen) atoms. The molecule has 0 radical (unpaired) electrons. The van der Waals surface area contributed by atoms with E-state index in [1.54, 1.807) is 6.26 Å². The van der Waals surface area contributed by atoms with Crippen molar-refractivity contribution in [3.8, 4) is 0 Å². The second-order valence-electron chi connectivity index (χ2n) is 3.99. The molecule has 1 fully saturated rings. The van der Waals surface area contributed by atoms with Crippen LogP contribution in [0.25, 0.3) is 0 Å². The van der Waals surface area contributed by atoms with E-state index in [0.717, 1.165) is 24.2 Å². The van der Waals surface area contributed by atoms with Crippen LogP contribution < -0.4 is 11.3 Å². The molecule has 3 N–H and O–H groups in total. The Morgan fingerprint density at radius 3 is 2.80 bits per heavy atom. The highest BCUT2D eigenvalue weighted by molar-refractivity contribution is 5.97. The van der Waals surface area contributed by atoms with Crippen molar-refractivity contribution >= 4 is 5.84 Å². The van der Waals surface area contributed by atoms with E-state index in [9.17, 15) is 0 Å². The number of furan rings is 1. The first-order chi connectivity index (χ1) is 7.31. The third-order valence-corrected chi connectivity index (χ3v) is 2.85. The summed E-state index contributed by atoms with van der Waals surface area (Å²) in [5, 5.41) is 0. The summed E-state index contributed by atoms with van der Waals surface area (Å²) in [6.07, 6.45) is 6.51. The van der Waals surface area contributed by atoms with E-state index in [-0.39, 0.29) is 0 Å². The van der Waals surface area contributed by atoms with Crippen molar-refractivity contribution < 1.29 is 4.42 Å². The molecule has 4 nitrogen and oxygen atoms in total. The molecular formula is C11H17N3O. The van der Waals surface area contributed by atoms with Gasteiger partial charge in [0, 0.05) is 0 Å². The van der Waals surface area contributed by atoms with Crippen LogP contribution in [0.1, 0.15) is 37.0 Å². The molecule has 1 saturated carbocycles. The van der Waals surface area contributed by atoms with Crippen LogP contribution in [0.2, 0.25) is 0 Å². The summed E-state index contributed by atoms with van der Waals surface area (Å²) in [6.45, 7) is 1.99. The summed E-state index contributed by atoms with van der Waals surface area (Å²) in [5.41, 5.74) is 3.69. The SMILES string of the molecule is Cc1ccoc1C(=NC1CCCC1)NN. The number of rotatable bonds is 2. The van der Waals surface area contributed by atoms with Crippen molar-refractivity contribution in [2.75, 3.05) is 0 Å². The lowest BCUT2D eigenvalue weighted by Gasteiger charge is -2.07. The summed E-state index contributed by atoms with van der Waals surface area (Å²) < 4.78 is 5.35. The lowest BCUT2D eigenvalue weighted by molar-refractivity contribution is 0.549. The van der Waals surface area contributed by atoms with Crippen LogP contribution in [0, 0.1) is 6.92 Å². The number of aliphatic imine (C=N–C) groups is 1. The van der Waals surface area contributed by atoms with Gasteiger partial charge >= 0.3 is 0 Å². The van der Waals surface area contributed by atoms with Gasteiger partial charge < -0.3 is 9.84 Å². The Hall–Kier alpha value is -1.29. The van der Waals surface area contributed by atoms with Crippen molar-refractivity contribution in [1.82, 2.24) is 5.43 Å². The van der Waals surface area contributed by atoms with E-state index in [2.05, 4.69) is 10.4 Å². The Labute approximate surface area is 89.5 Å². The van der Waals surface area contributed by atoms with Gasteiger partial charge in [-0.05, 0) is 31.4 Å². The number of hydrogen-bond acceptors (Lipinski definition) is 3. The smallest absolute Gasteiger partial charge is 0.179 e. The van der Waals surface area contributed by atoms with Gasteiger partial charge in [-0.3, -0.25) is 4.99 Å². The quantitative estimate of drug-likeness (QED) is 0.336. The van der Waals surface area contributed by atoms with E-state index >= 15 is 0 Å². The first-order valence-corrected chi connectivity index (χ1v) is 5.40. The van der Waals surface area contributed by atoms with Gasteiger partial charge in [-0.2, -0.15) is 0 Å². The molecule has 1 aliphatic carbocycles. The highest BCUT2D eigenvalue weighted by Crippen LogP contribution is 2.22. The molecule has 1 aromatic rings. The highest BCUT2D eigenvalue weighted by Gasteiger charge is 2.17. The van der Waals surface area contributed by atoms with Crippen LogP contribution in [0.3, 0.4) is 0 Å². The van der Waals surface area contributed by atoms with Crippen LogP contribution >= 0.6 is 0 Å². The van der Waals surface area contributed by atoms with E-state index in [0.29, 0.717) is 11.9 Å². The third kappa shape index (κ3) is 2.21. The molecule has 0 saturated heterocycles. The molecule has 82 valence electrons. The largest absolute Gasteiger partial charge is 0.461 e. The summed E-state index contributed by atoms with van der Waals surface area (Å²) in [6, 6.07) is 2.32. The topological polar surface area (TPSA) is 63.5 Å². The van der Waals surface area contributed by atoms with Gasteiger partial charge in [-0.15, -0.1) is 0 Å². The van der Waals surface area contributed by atoms with Gasteiger partial charge in [-0.1, -0.05) is 12.8 Å². The van der Waals surface area contributed by atoms with E-state index in [1.165, 1.54) is 12.8 Å². The van der Waals surface area contributed by atoms with Crippen LogP contribution in [-0.2, 0) is 0 Å². The third-order valence-electron chi connectivity index (χ3n) is 2.85.